The van der Waals surface area contributed by atoms with Crippen molar-refractivity contribution in [2.75, 3.05) is 5.32 Å². The van der Waals surface area contributed by atoms with Gasteiger partial charge < -0.3 is 9.73 Å². The zero-order valence-corrected chi connectivity index (χ0v) is 17.4. The van der Waals surface area contributed by atoms with Gasteiger partial charge in [-0.2, -0.15) is 5.10 Å². The molecule has 0 unspecified atom stereocenters. The van der Waals surface area contributed by atoms with E-state index in [1.807, 2.05) is 55.2 Å². The lowest BCUT2D eigenvalue weighted by atomic mass is 9.91. The number of nitrogens with zero attached hydrogens (tertiary/aromatic N) is 4. The van der Waals surface area contributed by atoms with Gasteiger partial charge in [0.25, 0.3) is 0 Å². The molecule has 1 aliphatic rings. The van der Waals surface area contributed by atoms with Crippen LogP contribution < -0.4 is 5.32 Å². The van der Waals surface area contributed by atoms with Gasteiger partial charge in [-0.3, -0.25) is 4.68 Å². The molecule has 1 aliphatic carbocycles. The van der Waals surface area contributed by atoms with Crippen LogP contribution in [0.5, 0.6) is 0 Å². The fourth-order valence-electron chi connectivity index (χ4n) is 4.46. The van der Waals surface area contributed by atoms with E-state index in [4.69, 9.17) is 14.5 Å². The molecular weight excluding hydrogens is 386 g/mol. The van der Waals surface area contributed by atoms with Crippen LogP contribution in [0.1, 0.15) is 17.0 Å². The number of anilines is 2. The van der Waals surface area contributed by atoms with Gasteiger partial charge in [0.15, 0.2) is 5.58 Å². The third-order valence-corrected chi connectivity index (χ3v) is 5.81. The van der Waals surface area contributed by atoms with E-state index in [1.165, 1.54) is 0 Å². The van der Waals surface area contributed by atoms with Crippen LogP contribution in [0, 0.1) is 6.92 Å². The number of nitrogens with one attached hydrogen (secondary N) is 1. The molecule has 0 atom stereocenters. The van der Waals surface area contributed by atoms with Crippen LogP contribution in [0.4, 0.5) is 11.6 Å². The first-order valence-electron chi connectivity index (χ1n) is 10.4. The Balaban J connectivity index is 1.47. The molecule has 0 saturated heterocycles. The maximum atomic E-state index is 5.89. The van der Waals surface area contributed by atoms with Gasteiger partial charge in [-0.25, -0.2) is 9.97 Å². The average Bonchev–Trinajstić information content (AvgIpc) is 3.33. The van der Waals surface area contributed by atoms with Crippen LogP contribution in [-0.4, -0.2) is 19.7 Å². The number of hydrogen-bond acceptors (Lipinski definition) is 5. The molecule has 0 radical (unpaired) electrons. The summed E-state index contributed by atoms with van der Waals surface area (Å²) in [5.74, 6) is 1.43. The second-order valence-electron chi connectivity index (χ2n) is 7.93. The monoisotopic (exact) mass is 407 g/mol. The van der Waals surface area contributed by atoms with E-state index >= 15 is 0 Å². The number of aromatic nitrogens is 4. The van der Waals surface area contributed by atoms with Crippen molar-refractivity contribution in [2.24, 2.45) is 7.05 Å². The molecule has 152 valence electrons. The Morgan fingerprint density at radius 3 is 2.77 bits per heavy atom. The second kappa shape index (κ2) is 6.80. The zero-order valence-electron chi connectivity index (χ0n) is 17.4. The van der Waals surface area contributed by atoms with Gasteiger partial charge in [0.05, 0.1) is 22.8 Å². The fourth-order valence-corrected chi connectivity index (χ4v) is 4.46. The van der Waals surface area contributed by atoms with Gasteiger partial charge in [0.2, 0.25) is 5.95 Å². The van der Waals surface area contributed by atoms with Crippen LogP contribution in [0.3, 0.4) is 0 Å². The lowest BCUT2D eigenvalue weighted by Crippen LogP contribution is -2.08. The molecule has 31 heavy (non-hydrogen) atoms. The summed E-state index contributed by atoms with van der Waals surface area (Å²) < 4.78 is 7.86. The predicted octanol–water partition coefficient (Wildman–Crippen LogP) is 5.44. The summed E-state index contributed by atoms with van der Waals surface area (Å²) in [6.45, 7) is 1.95. The van der Waals surface area contributed by atoms with Crippen molar-refractivity contribution in [3.05, 3.63) is 77.8 Å². The molecule has 6 rings (SSSR count). The standard InChI is InChI=1S/C25H21N5O/c1-15-13-17-9-6-10-20(24(17)31-15)27-25-26-14-18-11-12-19-21(22(18)28-25)23(30(2)29-19)16-7-4-3-5-8-16/h3-10,13-14H,11-12H2,1-2H3,(H,26,27,28). The zero-order chi connectivity index (χ0) is 20.9. The Morgan fingerprint density at radius 2 is 1.90 bits per heavy atom. The van der Waals surface area contributed by atoms with Gasteiger partial charge in [-0.15, -0.1) is 0 Å². The third-order valence-electron chi connectivity index (χ3n) is 5.81. The van der Waals surface area contributed by atoms with E-state index in [-0.39, 0.29) is 0 Å². The van der Waals surface area contributed by atoms with Crippen molar-refractivity contribution in [1.82, 2.24) is 19.7 Å². The van der Waals surface area contributed by atoms with E-state index < -0.39 is 0 Å². The summed E-state index contributed by atoms with van der Waals surface area (Å²) in [7, 11) is 2.00. The maximum Gasteiger partial charge on any atom is 0.227 e. The van der Waals surface area contributed by atoms with Crippen molar-refractivity contribution in [2.45, 2.75) is 19.8 Å². The van der Waals surface area contributed by atoms with Gasteiger partial charge in [-0.1, -0.05) is 42.5 Å². The lowest BCUT2D eigenvalue weighted by molar-refractivity contribution is 0.579. The summed E-state index contributed by atoms with van der Waals surface area (Å²) >= 11 is 0. The van der Waals surface area contributed by atoms with Crippen LogP contribution >= 0.6 is 0 Å². The molecule has 6 heteroatoms. The molecule has 6 nitrogen and oxygen atoms in total. The van der Waals surface area contributed by atoms with Gasteiger partial charge in [-0.05, 0) is 37.5 Å². The van der Waals surface area contributed by atoms with E-state index in [2.05, 4.69) is 34.6 Å². The third kappa shape index (κ3) is 2.91. The van der Waals surface area contributed by atoms with Crippen molar-refractivity contribution >= 4 is 22.6 Å². The first kappa shape index (κ1) is 17.9. The van der Waals surface area contributed by atoms with Crippen LogP contribution in [-0.2, 0) is 19.9 Å². The summed E-state index contributed by atoms with van der Waals surface area (Å²) in [6, 6.07) is 18.4. The molecule has 2 aromatic carbocycles. The average molecular weight is 407 g/mol. The molecule has 0 spiro atoms. The molecule has 0 bridgehead atoms. The van der Waals surface area contributed by atoms with Gasteiger partial charge >= 0.3 is 0 Å². The number of fused-ring (bicyclic) bond motifs is 4. The Labute approximate surface area is 179 Å². The largest absolute Gasteiger partial charge is 0.459 e. The van der Waals surface area contributed by atoms with E-state index in [0.29, 0.717) is 5.95 Å². The van der Waals surface area contributed by atoms with E-state index in [1.54, 1.807) is 0 Å². The SMILES string of the molecule is Cc1cc2cccc(Nc3ncc4c(n3)-c3c(nn(C)c3-c3ccccc3)CC4)c2o1. The van der Waals surface area contributed by atoms with Crippen molar-refractivity contribution in [1.29, 1.82) is 0 Å². The number of furan rings is 1. The maximum absolute atomic E-state index is 5.89. The molecular formula is C25H21N5O. The Bertz CT molecular complexity index is 1430. The highest BCUT2D eigenvalue weighted by Gasteiger charge is 2.27. The van der Waals surface area contributed by atoms with Gasteiger partial charge in [0.1, 0.15) is 5.76 Å². The van der Waals surface area contributed by atoms with Crippen LogP contribution in [0.25, 0.3) is 33.5 Å². The molecule has 3 heterocycles. The van der Waals surface area contributed by atoms with Crippen LogP contribution in [0.2, 0.25) is 0 Å². The highest BCUT2D eigenvalue weighted by molar-refractivity contribution is 5.91. The highest BCUT2D eigenvalue weighted by atomic mass is 16.3. The molecule has 5 aromatic rings. The summed E-state index contributed by atoms with van der Waals surface area (Å²) in [5, 5.41) is 9.23. The minimum Gasteiger partial charge on any atom is -0.459 e. The smallest absolute Gasteiger partial charge is 0.227 e. The van der Waals surface area contributed by atoms with Gasteiger partial charge in [0, 0.05) is 29.8 Å². The normalized spacial score (nSPS) is 12.6. The van der Waals surface area contributed by atoms with Crippen LogP contribution in [0.15, 0.2) is 65.2 Å². The Hall–Kier alpha value is -3.93. The minimum absolute atomic E-state index is 0.552. The number of rotatable bonds is 3. The second-order valence-corrected chi connectivity index (χ2v) is 7.93. The predicted molar refractivity (Wildman–Crippen MR) is 121 cm³/mol. The quantitative estimate of drug-likeness (QED) is 0.431. The summed E-state index contributed by atoms with van der Waals surface area (Å²) in [5.41, 5.74) is 8.18. The summed E-state index contributed by atoms with van der Waals surface area (Å²) in [4.78, 5) is 9.54. The number of aryl methyl sites for hydroxylation is 4. The van der Waals surface area contributed by atoms with E-state index in [9.17, 15) is 0 Å². The molecule has 1 N–H and O–H groups in total. The number of benzene rings is 2. The Morgan fingerprint density at radius 1 is 1.03 bits per heavy atom. The van der Waals surface area contributed by atoms with Crippen molar-refractivity contribution in [3.63, 3.8) is 0 Å². The Kier molecular flexibility index (Phi) is 3.93. The lowest BCUT2D eigenvalue weighted by Gasteiger charge is -2.17. The number of para-hydroxylation sites is 1. The number of hydrogen-bond donors (Lipinski definition) is 1. The molecule has 0 fully saturated rings. The van der Waals surface area contributed by atoms with Crippen molar-refractivity contribution < 1.29 is 4.42 Å². The first-order chi connectivity index (χ1) is 15.2. The highest BCUT2D eigenvalue weighted by Crippen LogP contribution is 2.39. The summed E-state index contributed by atoms with van der Waals surface area (Å²) in [6.07, 6.45) is 3.72. The minimum atomic E-state index is 0.552. The van der Waals surface area contributed by atoms with Crippen molar-refractivity contribution in [3.8, 4) is 22.5 Å². The first-order valence-corrected chi connectivity index (χ1v) is 10.4. The van der Waals surface area contributed by atoms with E-state index in [0.717, 1.165) is 69.0 Å². The molecule has 3 aromatic heterocycles. The topological polar surface area (TPSA) is 68.8 Å². The molecule has 0 amide bonds. The fraction of sp³-hybridized carbons (Fsp3) is 0.160. The molecule has 0 aliphatic heterocycles. The molecule has 0 saturated carbocycles.